The van der Waals surface area contributed by atoms with Crippen molar-refractivity contribution in [1.82, 2.24) is 15.5 Å². The summed E-state index contributed by atoms with van der Waals surface area (Å²) in [5.74, 6) is -0.949. The summed E-state index contributed by atoms with van der Waals surface area (Å²) in [6.07, 6.45) is -1.08. The van der Waals surface area contributed by atoms with Gasteiger partial charge in [0.05, 0.1) is 6.61 Å². The molecule has 1 saturated heterocycles. The van der Waals surface area contributed by atoms with Gasteiger partial charge in [0.2, 0.25) is 0 Å². The molecule has 1 aromatic rings. The van der Waals surface area contributed by atoms with Gasteiger partial charge < -0.3 is 30.1 Å². The van der Waals surface area contributed by atoms with Crippen LogP contribution in [0.15, 0.2) is 18.2 Å². The number of amides is 3. The van der Waals surface area contributed by atoms with Crippen LogP contribution < -0.4 is 15.4 Å². The lowest BCUT2D eigenvalue weighted by Gasteiger charge is -2.29. The average Bonchev–Trinajstić information content (AvgIpc) is 3.54. The molecule has 3 rings (SSSR count). The molecule has 3 amide bonds. The number of hydrogen-bond donors (Lipinski definition) is 3. The van der Waals surface area contributed by atoms with E-state index in [-0.39, 0.29) is 37.5 Å². The van der Waals surface area contributed by atoms with Crippen LogP contribution in [0.25, 0.3) is 0 Å². The Hall–Kier alpha value is -2.76. The Kier molecular flexibility index (Phi) is 10.0. The minimum atomic E-state index is -4.86. The minimum absolute atomic E-state index is 0.0745. The fourth-order valence-electron chi connectivity index (χ4n) is 3.09. The standard InChI is InChI=1S/C12H12F4N2O2.C9H17NO3/c13-10-5-9(20-12(14,15)16)4-1-7(10)6-17-11(19)18-8-2-3-8;1-8-3-2-4-10(7-8)9(12)13-6-5-11/h1,4-5,8H,2-3,6H2,(H2,17,18,19);8,11H,2-7H2,1H3/t;8-/m.0/s1. The van der Waals surface area contributed by atoms with E-state index in [2.05, 4.69) is 22.3 Å². The maximum absolute atomic E-state index is 13.5. The monoisotopic (exact) mass is 479 g/mol. The predicted octanol–water partition coefficient (Wildman–Crippen LogP) is 3.53. The van der Waals surface area contributed by atoms with Crippen LogP contribution in [0.5, 0.6) is 5.75 Å². The summed E-state index contributed by atoms with van der Waals surface area (Å²) in [6, 6.07) is 2.49. The molecule has 1 heterocycles. The Morgan fingerprint density at radius 2 is 1.97 bits per heavy atom. The summed E-state index contributed by atoms with van der Waals surface area (Å²) in [7, 11) is 0. The molecular weight excluding hydrogens is 450 g/mol. The number of rotatable bonds is 6. The van der Waals surface area contributed by atoms with Crippen LogP contribution in [-0.4, -0.2) is 60.8 Å². The number of aliphatic hydroxyl groups excluding tert-OH is 1. The van der Waals surface area contributed by atoms with E-state index in [1.54, 1.807) is 4.90 Å². The van der Waals surface area contributed by atoms with Crippen LogP contribution in [-0.2, 0) is 11.3 Å². The summed E-state index contributed by atoms with van der Waals surface area (Å²) >= 11 is 0. The fourth-order valence-corrected chi connectivity index (χ4v) is 3.09. The first-order valence-corrected chi connectivity index (χ1v) is 10.7. The van der Waals surface area contributed by atoms with E-state index in [9.17, 15) is 27.2 Å². The quantitative estimate of drug-likeness (QED) is 0.542. The van der Waals surface area contributed by atoms with Crippen molar-refractivity contribution in [3.8, 4) is 5.75 Å². The molecule has 186 valence electrons. The molecule has 2 fully saturated rings. The van der Waals surface area contributed by atoms with Gasteiger partial charge in [-0.3, -0.25) is 0 Å². The first-order chi connectivity index (χ1) is 15.6. The zero-order valence-electron chi connectivity index (χ0n) is 18.3. The highest BCUT2D eigenvalue weighted by Gasteiger charge is 2.31. The lowest BCUT2D eigenvalue weighted by Crippen LogP contribution is -2.39. The molecule has 33 heavy (non-hydrogen) atoms. The minimum Gasteiger partial charge on any atom is -0.447 e. The Bertz CT molecular complexity index is 790. The SMILES string of the molecule is C[C@H]1CCCN(C(=O)OCCO)C1.O=C(NCc1ccc(OC(F)(F)F)cc1F)NC1CC1. The van der Waals surface area contributed by atoms with Crippen molar-refractivity contribution in [2.24, 2.45) is 5.92 Å². The largest absolute Gasteiger partial charge is 0.573 e. The van der Waals surface area contributed by atoms with Gasteiger partial charge in [-0.15, -0.1) is 13.2 Å². The van der Waals surface area contributed by atoms with E-state index in [4.69, 9.17) is 9.84 Å². The summed E-state index contributed by atoms with van der Waals surface area (Å²) in [4.78, 5) is 24.3. The van der Waals surface area contributed by atoms with Crippen molar-refractivity contribution < 1.29 is 41.7 Å². The van der Waals surface area contributed by atoms with E-state index >= 15 is 0 Å². The van der Waals surface area contributed by atoms with Gasteiger partial charge in [0.25, 0.3) is 0 Å². The second-order valence-corrected chi connectivity index (χ2v) is 7.93. The Morgan fingerprint density at radius 3 is 2.55 bits per heavy atom. The summed E-state index contributed by atoms with van der Waals surface area (Å²) < 4.78 is 57.8. The average molecular weight is 479 g/mol. The van der Waals surface area contributed by atoms with Crippen molar-refractivity contribution in [2.75, 3.05) is 26.3 Å². The molecule has 1 aliphatic carbocycles. The molecule has 0 radical (unpaired) electrons. The smallest absolute Gasteiger partial charge is 0.447 e. The number of hydrogen-bond acceptors (Lipinski definition) is 5. The lowest BCUT2D eigenvalue weighted by atomic mass is 10.0. The van der Waals surface area contributed by atoms with Crippen LogP contribution in [0, 0.1) is 11.7 Å². The highest BCUT2D eigenvalue weighted by molar-refractivity contribution is 5.74. The van der Waals surface area contributed by atoms with Gasteiger partial charge in [-0.1, -0.05) is 13.0 Å². The number of carbonyl (C=O) groups excluding carboxylic acids is 2. The summed E-state index contributed by atoms with van der Waals surface area (Å²) in [5.41, 5.74) is 0.0745. The van der Waals surface area contributed by atoms with Gasteiger partial charge in [-0.2, -0.15) is 0 Å². The van der Waals surface area contributed by atoms with Gasteiger partial charge in [0.1, 0.15) is 18.2 Å². The number of nitrogens with zero attached hydrogens (tertiary/aromatic N) is 1. The number of alkyl halides is 3. The van der Waals surface area contributed by atoms with E-state index in [1.165, 1.54) is 6.42 Å². The van der Waals surface area contributed by atoms with Crippen LogP contribution in [0.2, 0.25) is 0 Å². The Balaban J connectivity index is 0.000000257. The van der Waals surface area contributed by atoms with Crippen molar-refractivity contribution >= 4 is 12.1 Å². The maximum Gasteiger partial charge on any atom is 0.573 e. The zero-order chi connectivity index (χ0) is 24.4. The number of piperidine rings is 1. The number of carbonyl (C=O) groups is 2. The van der Waals surface area contributed by atoms with Gasteiger partial charge in [-0.25, -0.2) is 14.0 Å². The van der Waals surface area contributed by atoms with Crippen LogP contribution >= 0.6 is 0 Å². The molecule has 2 aliphatic rings. The topological polar surface area (TPSA) is 100 Å². The van der Waals surface area contributed by atoms with E-state index in [1.807, 2.05) is 0 Å². The molecule has 8 nitrogen and oxygen atoms in total. The summed E-state index contributed by atoms with van der Waals surface area (Å²) in [5, 5.41) is 13.5. The molecule has 1 saturated carbocycles. The predicted molar refractivity (Wildman–Crippen MR) is 110 cm³/mol. The highest BCUT2D eigenvalue weighted by atomic mass is 19.4. The number of aliphatic hydroxyl groups is 1. The first-order valence-electron chi connectivity index (χ1n) is 10.7. The van der Waals surface area contributed by atoms with E-state index < -0.39 is 24.0 Å². The molecule has 1 aliphatic heterocycles. The van der Waals surface area contributed by atoms with Crippen LogP contribution in [0.1, 0.15) is 38.2 Å². The third kappa shape index (κ3) is 10.6. The summed E-state index contributed by atoms with van der Waals surface area (Å²) in [6.45, 7) is 3.58. The van der Waals surface area contributed by atoms with Crippen molar-refractivity contribution in [2.45, 2.75) is 51.6 Å². The third-order valence-corrected chi connectivity index (χ3v) is 4.84. The molecule has 1 atom stereocenters. The molecule has 12 heteroatoms. The van der Waals surface area contributed by atoms with Crippen molar-refractivity contribution in [1.29, 1.82) is 0 Å². The zero-order valence-corrected chi connectivity index (χ0v) is 18.3. The van der Waals surface area contributed by atoms with Gasteiger partial charge >= 0.3 is 18.5 Å². The van der Waals surface area contributed by atoms with Gasteiger partial charge in [0, 0.05) is 37.3 Å². The first kappa shape index (κ1) is 26.5. The molecular formula is C21H29F4N3O5. The van der Waals surface area contributed by atoms with Crippen LogP contribution in [0.4, 0.5) is 27.2 Å². The fraction of sp³-hybridized carbons (Fsp3) is 0.619. The maximum atomic E-state index is 13.5. The number of halogens is 4. The lowest BCUT2D eigenvalue weighted by molar-refractivity contribution is -0.274. The highest BCUT2D eigenvalue weighted by Crippen LogP contribution is 2.24. The molecule has 1 aromatic carbocycles. The van der Waals surface area contributed by atoms with E-state index in [0.717, 1.165) is 44.5 Å². The number of urea groups is 1. The number of likely N-dealkylation sites (tertiary alicyclic amines) is 1. The Labute approximate surface area is 189 Å². The van der Waals surface area contributed by atoms with Gasteiger partial charge in [0.15, 0.2) is 0 Å². The number of nitrogens with one attached hydrogen (secondary N) is 2. The number of ether oxygens (including phenoxy) is 2. The molecule has 0 aromatic heterocycles. The Morgan fingerprint density at radius 1 is 1.24 bits per heavy atom. The van der Waals surface area contributed by atoms with Crippen LogP contribution in [0.3, 0.4) is 0 Å². The molecule has 0 spiro atoms. The normalized spacial score (nSPS) is 18.0. The third-order valence-electron chi connectivity index (χ3n) is 4.84. The van der Waals surface area contributed by atoms with Crippen molar-refractivity contribution in [3.63, 3.8) is 0 Å². The molecule has 0 bridgehead atoms. The number of benzene rings is 1. The second-order valence-electron chi connectivity index (χ2n) is 7.93. The van der Waals surface area contributed by atoms with E-state index in [0.29, 0.717) is 12.0 Å². The second kappa shape index (κ2) is 12.5. The molecule has 0 unspecified atom stereocenters. The molecule has 3 N–H and O–H groups in total. The van der Waals surface area contributed by atoms with Gasteiger partial charge in [-0.05, 0) is 37.7 Å². The van der Waals surface area contributed by atoms with Crippen molar-refractivity contribution in [3.05, 3.63) is 29.6 Å².